The Balaban J connectivity index is 1.98. The number of benzene rings is 1. The number of carbonyl (C=O) groups excluding carboxylic acids is 1. The van der Waals surface area contributed by atoms with Gasteiger partial charge in [-0.05, 0) is 42.6 Å². The minimum atomic E-state index is 0.153. The number of rotatable bonds is 4. The summed E-state index contributed by atoms with van der Waals surface area (Å²) < 4.78 is 0. The molecule has 1 heteroatoms. The van der Waals surface area contributed by atoms with Crippen molar-refractivity contribution in [1.29, 1.82) is 0 Å². The van der Waals surface area contributed by atoms with Crippen LogP contribution in [0.3, 0.4) is 0 Å². The fraction of sp³-hybridized carbons (Fsp3) is 0.650. The van der Waals surface area contributed by atoms with E-state index in [1.807, 2.05) is 12.1 Å². The summed E-state index contributed by atoms with van der Waals surface area (Å²) in [5.74, 6) is 1.49. The van der Waals surface area contributed by atoms with Gasteiger partial charge in [0.15, 0.2) is 5.78 Å². The van der Waals surface area contributed by atoms with Crippen LogP contribution >= 0.6 is 0 Å². The highest BCUT2D eigenvalue weighted by atomic mass is 16.1. The number of hydrogen-bond acceptors (Lipinski definition) is 1. The van der Waals surface area contributed by atoms with E-state index in [9.17, 15) is 4.79 Å². The second kappa shape index (κ2) is 6.77. The van der Waals surface area contributed by atoms with Gasteiger partial charge in [-0.15, -0.1) is 0 Å². The largest absolute Gasteiger partial charge is 0.294 e. The van der Waals surface area contributed by atoms with Gasteiger partial charge in [0.25, 0.3) is 0 Å². The van der Waals surface area contributed by atoms with Crippen molar-refractivity contribution < 1.29 is 4.79 Å². The molecule has 1 fully saturated rings. The lowest BCUT2D eigenvalue weighted by Crippen LogP contribution is -2.22. The van der Waals surface area contributed by atoms with E-state index in [1.54, 1.807) is 0 Å². The van der Waals surface area contributed by atoms with Crippen LogP contribution in [0.4, 0.5) is 0 Å². The standard InChI is InChI=1S/C20H30O/c1-5-6-15-7-9-16(10-8-15)19(21)17-11-13-18(14-12-17)20(2,3)4/h11-16H,5-10H2,1-4H3. The van der Waals surface area contributed by atoms with Gasteiger partial charge >= 0.3 is 0 Å². The number of Topliss-reactive ketones (excluding diaryl/α,β-unsaturated/α-hetero) is 1. The molecule has 116 valence electrons. The summed E-state index contributed by atoms with van der Waals surface area (Å²) in [7, 11) is 0. The molecule has 0 aliphatic heterocycles. The average molecular weight is 286 g/mol. The van der Waals surface area contributed by atoms with Crippen molar-refractivity contribution in [2.45, 2.75) is 71.6 Å². The van der Waals surface area contributed by atoms with Crippen molar-refractivity contribution >= 4 is 5.78 Å². The van der Waals surface area contributed by atoms with Gasteiger partial charge in [0.2, 0.25) is 0 Å². The SMILES string of the molecule is CCCC1CCC(C(=O)c2ccc(C(C)(C)C)cc2)CC1. The van der Waals surface area contributed by atoms with Crippen LogP contribution in [-0.4, -0.2) is 5.78 Å². The van der Waals surface area contributed by atoms with Gasteiger partial charge in [0.05, 0.1) is 0 Å². The van der Waals surface area contributed by atoms with E-state index >= 15 is 0 Å². The lowest BCUT2D eigenvalue weighted by molar-refractivity contribution is 0.0870. The molecule has 1 aliphatic rings. The molecule has 0 radical (unpaired) electrons. The summed E-state index contributed by atoms with van der Waals surface area (Å²) in [6.45, 7) is 8.88. The summed E-state index contributed by atoms with van der Waals surface area (Å²) in [5, 5.41) is 0. The Bertz CT molecular complexity index is 456. The zero-order valence-electron chi connectivity index (χ0n) is 14.1. The monoisotopic (exact) mass is 286 g/mol. The minimum Gasteiger partial charge on any atom is -0.294 e. The topological polar surface area (TPSA) is 17.1 Å². The van der Waals surface area contributed by atoms with Gasteiger partial charge in [-0.25, -0.2) is 0 Å². The molecule has 0 saturated heterocycles. The maximum Gasteiger partial charge on any atom is 0.165 e. The fourth-order valence-electron chi connectivity index (χ4n) is 3.49. The van der Waals surface area contributed by atoms with E-state index in [4.69, 9.17) is 0 Å². The van der Waals surface area contributed by atoms with Gasteiger partial charge in [-0.1, -0.05) is 64.8 Å². The summed E-state index contributed by atoms with van der Waals surface area (Å²) in [6, 6.07) is 8.30. The van der Waals surface area contributed by atoms with Crippen molar-refractivity contribution in [1.82, 2.24) is 0 Å². The highest BCUT2D eigenvalue weighted by Gasteiger charge is 2.26. The van der Waals surface area contributed by atoms with Gasteiger partial charge in [0, 0.05) is 11.5 Å². The first-order valence-electron chi connectivity index (χ1n) is 8.56. The van der Waals surface area contributed by atoms with Crippen molar-refractivity contribution in [3.63, 3.8) is 0 Å². The van der Waals surface area contributed by atoms with Crippen LogP contribution in [0.2, 0.25) is 0 Å². The molecule has 0 aromatic heterocycles. The van der Waals surface area contributed by atoms with Gasteiger partial charge < -0.3 is 0 Å². The molecule has 1 nitrogen and oxygen atoms in total. The highest BCUT2D eigenvalue weighted by molar-refractivity contribution is 5.97. The van der Waals surface area contributed by atoms with E-state index < -0.39 is 0 Å². The molecule has 1 aromatic rings. The zero-order valence-corrected chi connectivity index (χ0v) is 14.1. The fourth-order valence-corrected chi connectivity index (χ4v) is 3.49. The molecule has 0 heterocycles. The molecule has 0 bridgehead atoms. The molecule has 1 aliphatic carbocycles. The Labute approximate surface area is 130 Å². The van der Waals surface area contributed by atoms with Crippen LogP contribution in [0.5, 0.6) is 0 Å². The first-order valence-corrected chi connectivity index (χ1v) is 8.56. The van der Waals surface area contributed by atoms with Crippen molar-refractivity contribution in [3.05, 3.63) is 35.4 Å². The van der Waals surface area contributed by atoms with E-state index in [-0.39, 0.29) is 11.3 Å². The smallest absolute Gasteiger partial charge is 0.165 e. The van der Waals surface area contributed by atoms with E-state index in [2.05, 4.69) is 39.8 Å². The van der Waals surface area contributed by atoms with Crippen LogP contribution in [-0.2, 0) is 5.41 Å². The molecule has 0 N–H and O–H groups in total. The highest BCUT2D eigenvalue weighted by Crippen LogP contribution is 2.33. The maximum atomic E-state index is 12.6. The second-order valence-electron chi connectivity index (χ2n) is 7.70. The van der Waals surface area contributed by atoms with Crippen LogP contribution < -0.4 is 0 Å². The molecular weight excluding hydrogens is 256 g/mol. The average Bonchev–Trinajstić information content (AvgIpc) is 2.47. The molecule has 21 heavy (non-hydrogen) atoms. The molecular formula is C20H30O. The number of ketones is 1. The van der Waals surface area contributed by atoms with Crippen molar-refractivity contribution in [3.8, 4) is 0 Å². The minimum absolute atomic E-state index is 0.153. The lowest BCUT2D eigenvalue weighted by atomic mass is 9.77. The predicted octanol–water partition coefficient (Wildman–Crippen LogP) is 5.77. The number of carbonyl (C=O) groups is 1. The third-order valence-corrected chi connectivity index (χ3v) is 4.95. The summed E-state index contributed by atoms with van der Waals surface area (Å²) >= 11 is 0. The maximum absolute atomic E-state index is 12.6. The van der Waals surface area contributed by atoms with Gasteiger partial charge in [-0.2, -0.15) is 0 Å². The van der Waals surface area contributed by atoms with Crippen LogP contribution in [0.25, 0.3) is 0 Å². The summed E-state index contributed by atoms with van der Waals surface area (Å²) in [4.78, 5) is 12.6. The van der Waals surface area contributed by atoms with Gasteiger partial charge in [0.1, 0.15) is 0 Å². The molecule has 0 amide bonds. The zero-order chi connectivity index (χ0) is 15.5. The Morgan fingerprint density at radius 2 is 1.62 bits per heavy atom. The molecule has 0 spiro atoms. The molecule has 0 unspecified atom stereocenters. The van der Waals surface area contributed by atoms with E-state index in [0.29, 0.717) is 5.78 Å². The van der Waals surface area contributed by atoms with Crippen LogP contribution in [0.15, 0.2) is 24.3 Å². The third-order valence-electron chi connectivity index (χ3n) is 4.95. The van der Waals surface area contributed by atoms with E-state index in [1.165, 1.54) is 31.2 Å². The summed E-state index contributed by atoms with van der Waals surface area (Å²) in [5.41, 5.74) is 2.35. The van der Waals surface area contributed by atoms with Crippen molar-refractivity contribution in [2.75, 3.05) is 0 Å². The Morgan fingerprint density at radius 3 is 2.10 bits per heavy atom. The van der Waals surface area contributed by atoms with Crippen LogP contribution in [0, 0.1) is 11.8 Å². The Morgan fingerprint density at radius 1 is 1.05 bits per heavy atom. The first-order chi connectivity index (χ1) is 9.91. The van der Waals surface area contributed by atoms with E-state index in [0.717, 1.165) is 24.3 Å². The molecule has 0 atom stereocenters. The van der Waals surface area contributed by atoms with Crippen molar-refractivity contribution in [2.24, 2.45) is 11.8 Å². The lowest BCUT2D eigenvalue weighted by Gasteiger charge is -2.27. The predicted molar refractivity (Wildman–Crippen MR) is 89.8 cm³/mol. The second-order valence-corrected chi connectivity index (χ2v) is 7.70. The Kier molecular flexibility index (Phi) is 5.24. The number of hydrogen-bond donors (Lipinski definition) is 0. The molecule has 1 aromatic carbocycles. The Hall–Kier alpha value is -1.11. The first kappa shape index (κ1) is 16.3. The van der Waals surface area contributed by atoms with Gasteiger partial charge in [-0.3, -0.25) is 4.79 Å². The quantitative estimate of drug-likeness (QED) is 0.642. The normalized spacial score (nSPS) is 23.0. The summed E-state index contributed by atoms with van der Waals surface area (Å²) in [6.07, 6.45) is 7.27. The van der Waals surface area contributed by atoms with Crippen LogP contribution in [0.1, 0.15) is 82.1 Å². The molecule has 1 saturated carbocycles. The molecule has 2 rings (SSSR count). The third kappa shape index (κ3) is 4.18.